The normalized spacial score (nSPS) is 15.5. The third kappa shape index (κ3) is 2.45. The molecule has 4 heterocycles. The van der Waals surface area contributed by atoms with E-state index in [1.807, 2.05) is 47.2 Å². The van der Waals surface area contributed by atoms with E-state index in [9.17, 15) is 9.59 Å². The molecule has 4 aromatic rings. The number of para-hydroxylation sites is 1. The minimum atomic E-state index is -0.436. The van der Waals surface area contributed by atoms with Gasteiger partial charge in [0.15, 0.2) is 11.5 Å². The van der Waals surface area contributed by atoms with Gasteiger partial charge in [0.25, 0.3) is 11.8 Å². The summed E-state index contributed by atoms with van der Waals surface area (Å²) in [6, 6.07) is 11.4. The number of nitrogens with one attached hydrogen (secondary N) is 2. The van der Waals surface area contributed by atoms with Crippen molar-refractivity contribution in [3.8, 4) is 11.5 Å². The Morgan fingerprint density at radius 3 is 2.65 bits per heavy atom. The lowest BCUT2D eigenvalue weighted by Gasteiger charge is -2.05. The molecule has 0 saturated heterocycles. The van der Waals surface area contributed by atoms with Crippen LogP contribution in [0.1, 0.15) is 11.1 Å². The molecule has 2 amide bonds. The van der Waals surface area contributed by atoms with Crippen LogP contribution in [-0.2, 0) is 16.1 Å². The molecular weight excluding hydrogens is 396 g/mol. The zero-order valence-electron chi connectivity index (χ0n) is 16.4. The van der Waals surface area contributed by atoms with Gasteiger partial charge in [-0.05, 0) is 18.2 Å². The molecule has 8 heteroatoms. The highest BCUT2D eigenvalue weighted by Crippen LogP contribution is 2.46. The molecule has 0 atom stereocenters. The van der Waals surface area contributed by atoms with E-state index in [4.69, 9.17) is 15.2 Å². The molecule has 6 rings (SSSR count). The van der Waals surface area contributed by atoms with Gasteiger partial charge in [-0.2, -0.15) is 0 Å². The molecule has 2 aliphatic rings. The Morgan fingerprint density at radius 2 is 1.81 bits per heavy atom. The Kier molecular flexibility index (Phi) is 3.72. The van der Waals surface area contributed by atoms with Gasteiger partial charge in [-0.25, -0.2) is 0 Å². The summed E-state index contributed by atoms with van der Waals surface area (Å²) in [5.41, 5.74) is 9.53. The molecule has 0 aliphatic carbocycles. The maximum absolute atomic E-state index is 13.0. The minimum absolute atomic E-state index is 0.107. The molecule has 0 radical (unpaired) electrons. The number of H-pyrrole nitrogens is 1. The first-order chi connectivity index (χ1) is 15.2. The lowest BCUT2D eigenvalue weighted by atomic mass is 9.95. The number of imide groups is 1. The van der Waals surface area contributed by atoms with Crippen molar-refractivity contribution < 1.29 is 19.1 Å². The van der Waals surface area contributed by atoms with Crippen molar-refractivity contribution in [1.82, 2.24) is 14.9 Å². The molecule has 2 aliphatic heterocycles. The van der Waals surface area contributed by atoms with Crippen LogP contribution in [0.2, 0.25) is 0 Å². The van der Waals surface area contributed by atoms with Crippen molar-refractivity contribution in [2.75, 3.05) is 13.3 Å². The number of carbonyl (C=O) groups is 2. The highest BCUT2D eigenvalue weighted by atomic mass is 16.7. The Balaban J connectivity index is 1.70. The second kappa shape index (κ2) is 6.48. The van der Waals surface area contributed by atoms with Crippen LogP contribution in [0.25, 0.3) is 33.0 Å². The van der Waals surface area contributed by atoms with Crippen molar-refractivity contribution in [2.24, 2.45) is 5.73 Å². The molecule has 8 nitrogen and oxygen atoms in total. The van der Waals surface area contributed by atoms with Crippen molar-refractivity contribution in [2.45, 2.75) is 6.54 Å². The second-order valence-electron chi connectivity index (χ2n) is 7.50. The third-order valence-electron chi connectivity index (χ3n) is 5.81. The summed E-state index contributed by atoms with van der Waals surface area (Å²) in [4.78, 5) is 29.1. The SMILES string of the molecule is NCCn1cc(C2=C(c3c[nH]c4ccccc34)C(=O)NC2=O)c2c3c(ccc21)OCO3. The van der Waals surface area contributed by atoms with Crippen LogP contribution in [0.5, 0.6) is 11.5 Å². The number of carbonyl (C=O) groups excluding carboxylic acids is 2. The Morgan fingerprint density at radius 1 is 1.00 bits per heavy atom. The van der Waals surface area contributed by atoms with Crippen molar-refractivity contribution in [3.63, 3.8) is 0 Å². The fourth-order valence-corrected chi connectivity index (χ4v) is 4.51. The standard InChI is InChI=1S/C23H18N4O4/c24-7-8-27-10-14(18-16(27)5-6-17-21(18)31-11-30-17)20-19(22(28)26-23(20)29)13-9-25-15-4-2-1-3-12(13)15/h1-6,9-10,25H,7-8,11,24H2,(H,26,28,29). The molecule has 0 fully saturated rings. The summed E-state index contributed by atoms with van der Waals surface area (Å²) in [6.45, 7) is 1.09. The lowest BCUT2D eigenvalue weighted by molar-refractivity contribution is -0.122. The zero-order valence-corrected chi connectivity index (χ0v) is 16.4. The van der Waals surface area contributed by atoms with Gasteiger partial charge in [-0.1, -0.05) is 18.2 Å². The molecule has 0 bridgehead atoms. The average Bonchev–Trinajstić information content (AvgIpc) is 3.52. The number of nitrogens with two attached hydrogens (primary N) is 1. The highest BCUT2D eigenvalue weighted by molar-refractivity contribution is 6.51. The second-order valence-corrected chi connectivity index (χ2v) is 7.50. The monoisotopic (exact) mass is 414 g/mol. The summed E-state index contributed by atoms with van der Waals surface area (Å²) >= 11 is 0. The summed E-state index contributed by atoms with van der Waals surface area (Å²) in [5, 5.41) is 4.08. The van der Waals surface area contributed by atoms with E-state index < -0.39 is 11.8 Å². The lowest BCUT2D eigenvalue weighted by Crippen LogP contribution is -2.22. The van der Waals surface area contributed by atoms with E-state index in [0.29, 0.717) is 46.9 Å². The molecule has 2 aromatic heterocycles. The minimum Gasteiger partial charge on any atom is -0.454 e. The zero-order chi connectivity index (χ0) is 21.1. The van der Waals surface area contributed by atoms with Crippen LogP contribution in [0, 0.1) is 0 Å². The average molecular weight is 414 g/mol. The molecule has 154 valence electrons. The molecule has 0 unspecified atom stereocenters. The number of hydrogen-bond donors (Lipinski definition) is 3. The fourth-order valence-electron chi connectivity index (χ4n) is 4.51. The van der Waals surface area contributed by atoms with Crippen LogP contribution in [0.3, 0.4) is 0 Å². The van der Waals surface area contributed by atoms with Crippen molar-refractivity contribution >= 4 is 44.8 Å². The van der Waals surface area contributed by atoms with Crippen LogP contribution in [0.15, 0.2) is 48.8 Å². The fraction of sp³-hybridized carbons (Fsp3) is 0.130. The van der Waals surface area contributed by atoms with Crippen LogP contribution >= 0.6 is 0 Å². The van der Waals surface area contributed by atoms with E-state index in [1.54, 1.807) is 6.20 Å². The first kappa shape index (κ1) is 17.8. The maximum atomic E-state index is 13.0. The third-order valence-corrected chi connectivity index (χ3v) is 5.81. The van der Waals surface area contributed by atoms with E-state index in [1.165, 1.54) is 0 Å². The van der Waals surface area contributed by atoms with E-state index >= 15 is 0 Å². The predicted octanol–water partition coefficient (Wildman–Crippen LogP) is 2.38. The quantitative estimate of drug-likeness (QED) is 0.444. The number of amides is 2. The molecule has 4 N–H and O–H groups in total. The number of benzene rings is 2. The summed E-state index contributed by atoms with van der Waals surface area (Å²) in [6.07, 6.45) is 3.63. The van der Waals surface area contributed by atoms with Crippen LogP contribution in [0.4, 0.5) is 0 Å². The van der Waals surface area contributed by atoms with Gasteiger partial charge >= 0.3 is 0 Å². The van der Waals surface area contributed by atoms with Gasteiger partial charge in [0.1, 0.15) is 0 Å². The highest BCUT2D eigenvalue weighted by Gasteiger charge is 2.36. The van der Waals surface area contributed by atoms with Gasteiger partial charge in [0, 0.05) is 47.5 Å². The predicted molar refractivity (Wildman–Crippen MR) is 115 cm³/mol. The first-order valence-corrected chi connectivity index (χ1v) is 9.95. The van der Waals surface area contributed by atoms with E-state index in [-0.39, 0.29) is 6.79 Å². The van der Waals surface area contributed by atoms with Gasteiger partial charge in [-0.15, -0.1) is 0 Å². The van der Waals surface area contributed by atoms with Crippen molar-refractivity contribution in [3.05, 3.63) is 59.9 Å². The summed E-state index contributed by atoms with van der Waals surface area (Å²) in [7, 11) is 0. The Bertz CT molecular complexity index is 1440. The number of hydrogen-bond acceptors (Lipinski definition) is 5. The molecule has 0 saturated carbocycles. The van der Waals surface area contributed by atoms with Gasteiger partial charge in [0.2, 0.25) is 6.79 Å². The van der Waals surface area contributed by atoms with E-state index in [0.717, 1.165) is 21.8 Å². The maximum Gasteiger partial charge on any atom is 0.259 e. The summed E-state index contributed by atoms with van der Waals surface area (Å²) in [5.74, 6) is 0.322. The Labute approximate surface area is 176 Å². The van der Waals surface area contributed by atoms with Gasteiger partial charge in [0.05, 0.1) is 22.0 Å². The first-order valence-electron chi connectivity index (χ1n) is 9.95. The van der Waals surface area contributed by atoms with E-state index in [2.05, 4.69) is 10.3 Å². The Hall–Kier alpha value is -4.04. The number of ether oxygens (including phenoxy) is 2. The number of fused-ring (bicyclic) bond motifs is 4. The summed E-state index contributed by atoms with van der Waals surface area (Å²) < 4.78 is 13.3. The number of aromatic amines is 1. The molecule has 0 spiro atoms. The molecular formula is C23H18N4O4. The van der Waals surface area contributed by atoms with Crippen molar-refractivity contribution in [1.29, 1.82) is 0 Å². The largest absolute Gasteiger partial charge is 0.454 e. The number of nitrogens with zero attached hydrogens (tertiary/aromatic N) is 1. The van der Waals surface area contributed by atoms with Gasteiger partial charge < -0.3 is 24.8 Å². The number of rotatable bonds is 4. The molecule has 2 aromatic carbocycles. The topological polar surface area (TPSA) is 111 Å². The number of aromatic nitrogens is 2. The van der Waals surface area contributed by atoms with Gasteiger partial charge in [-0.3, -0.25) is 14.9 Å². The van der Waals surface area contributed by atoms with Crippen LogP contribution in [-0.4, -0.2) is 34.7 Å². The molecule has 31 heavy (non-hydrogen) atoms. The van der Waals surface area contributed by atoms with Crippen LogP contribution < -0.4 is 20.5 Å². The smallest absolute Gasteiger partial charge is 0.259 e.